The van der Waals surface area contributed by atoms with Crippen LogP contribution in [0.25, 0.3) is 11.0 Å². The molecular formula is C21H15ClN4O5S. The molecule has 0 aliphatic carbocycles. The molecule has 32 heavy (non-hydrogen) atoms. The standard InChI is InChI=1S/C21H15ClN4O5S/c22-16-9-8-14(27)11-19(16)25-21-20(23-17-6-1-2-7-18(17)24-21)12-32(30,31)15-5-3-4-13(10-15)26(28)29/h1-11,27H,12H2,(H,24,25). The third-order valence-electron chi connectivity index (χ3n) is 4.56. The molecule has 0 spiro atoms. The van der Waals surface area contributed by atoms with Gasteiger partial charge in [0.15, 0.2) is 15.7 Å². The Morgan fingerprint density at radius 2 is 1.72 bits per heavy atom. The first kappa shape index (κ1) is 21.5. The Labute approximate surface area is 187 Å². The Kier molecular flexibility index (Phi) is 5.64. The largest absolute Gasteiger partial charge is 0.508 e. The van der Waals surface area contributed by atoms with Crippen molar-refractivity contribution in [2.75, 3.05) is 5.32 Å². The molecule has 3 aromatic carbocycles. The molecule has 0 saturated carbocycles. The maximum atomic E-state index is 13.1. The number of nitro benzene ring substituents is 1. The molecule has 162 valence electrons. The zero-order valence-corrected chi connectivity index (χ0v) is 17.8. The van der Waals surface area contributed by atoms with Crippen molar-refractivity contribution < 1.29 is 18.4 Å². The van der Waals surface area contributed by atoms with Crippen LogP contribution in [0.5, 0.6) is 5.75 Å². The highest BCUT2D eigenvalue weighted by atomic mass is 35.5. The van der Waals surface area contributed by atoms with Gasteiger partial charge in [0.05, 0.1) is 37.3 Å². The van der Waals surface area contributed by atoms with Crippen molar-refractivity contribution >= 4 is 49.7 Å². The number of non-ortho nitro benzene ring substituents is 1. The number of phenolic OH excluding ortho intramolecular Hbond substituents is 1. The summed E-state index contributed by atoms with van der Waals surface area (Å²) in [4.78, 5) is 19.1. The highest BCUT2D eigenvalue weighted by Crippen LogP contribution is 2.31. The summed E-state index contributed by atoms with van der Waals surface area (Å²) in [6.07, 6.45) is 0. The zero-order valence-electron chi connectivity index (χ0n) is 16.3. The van der Waals surface area contributed by atoms with Crippen molar-refractivity contribution in [1.29, 1.82) is 0 Å². The lowest BCUT2D eigenvalue weighted by Gasteiger charge is -2.13. The molecule has 0 atom stereocenters. The molecule has 0 radical (unpaired) electrons. The van der Waals surface area contributed by atoms with Crippen molar-refractivity contribution in [3.63, 3.8) is 0 Å². The number of hydrogen-bond donors (Lipinski definition) is 2. The molecular weight excluding hydrogens is 456 g/mol. The molecule has 0 aliphatic heterocycles. The summed E-state index contributed by atoms with van der Waals surface area (Å²) in [6.45, 7) is 0. The molecule has 4 aromatic rings. The van der Waals surface area contributed by atoms with E-state index in [0.717, 1.165) is 6.07 Å². The molecule has 0 unspecified atom stereocenters. The minimum Gasteiger partial charge on any atom is -0.508 e. The van der Waals surface area contributed by atoms with E-state index in [1.54, 1.807) is 24.3 Å². The van der Waals surface area contributed by atoms with E-state index in [2.05, 4.69) is 15.3 Å². The smallest absolute Gasteiger partial charge is 0.270 e. The van der Waals surface area contributed by atoms with Crippen LogP contribution < -0.4 is 5.32 Å². The number of anilines is 2. The molecule has 1 heterocycles. The minimum absolute atomic E-state index is 0.0450. The number of aromatic nitrogens is 2. The van der Waals surface area contributed by atoms with Crippen molar-refractivity contribution in [1.82, 2.24) is 9.97 Å². The van der Waals surface area contributed by atoms with Gasteiger partial charge in [0, 0.05) is 18.2 Å². The maximum absolute atomic E-state index is 13.1. The zero-order chi connectivity index (χ0) is 22.9. The van der Waals surface area contributed by atoms with Crippen LogP contribution >= 0.6 is 11.6 Å². The van der Waals surface area contributed by atoms with E-state index < -0.39 is 20.5 Å². The van der Waals surface area contributed by atoms with E-state index in [-0.39, 0.29) is 32.9 Å². The van der Waals surface area contributed by atoms with Gasteiger partial charge < -0.3 is 10.4 Å². The summed E-state index contributed by atoms with van der Waals surface area (Å²) in [5, 5.41) is 24.0. The number of benzene rings is 3. The van der Waals surface area contributed by atoms with Crippen LogP contribution in [0.1, 0.15) is 5.69 Å². The Hall–Kier alpha value is -3.76. The second-order valence-electron chi connectivity index (χ2n) is 6.81. The SMILES string of the molecule is O=[N+]([O-])c1cccc(S(=O)(=O)Cc2nc3ccccc3nc2Nc2cc(O)ccc2Cl)c1. The van der Waals surface area contributed by atoms with Gasteiger partial charge in [-0.05, 0) is 30.3 Å². The van der Waals surface area contributed by atoms with E-state index in [9.17, 15) is 23.6 Å². The third kappa shape index (κ3) is 4.46. The third-order valence-corrected chi connectivity index (χ3v) is 6.52. The summed E-state index contributed by atoms with van der Waals surface area (Å²) in [7, 11) is -4.00. The second kappa shape index (κ2) is 8.40. The quantitative estimate of drug-likeness (QED) is 0.308. The number of nitro groups is 1. The molecule has 9 nitrogen and oxygen atoms in total. The van der Waals surface area contributed by atoms with E-state index in [4.69, 9.17) is 11.6 Å². The summed E-state index contributed by atoms with van der Waals surface area (Å²) in [5.41, 5.74) is 1.06. The Balaban J connectivity index is 1.80. The fourth-order valence-electron chi connectivity index (χ4n) is 3.03. The number of rotatable bonds is 6. The Morgan fingerprint density at radius 1 is 1.00 bits per heavy atom. The van der Waals surface area contributed by atoms with Gasteiger partial charge in [-0.25, -0.2) is 18.4 Å². The first-order valence-electron chi connectivity index (χ1n) is 9.21. The lowest BCUT2D eigenvalue weighted by atomic mass is 10.2. The summed E-state index contributed by atoms with van der Waals surface area (Å²) in [6, 6.07) is 16.0. The van der Waals surface area contributed by atoms with E-state index in [0.29, 0.717) is 16.7 Å². The molecule has 0 amide bonds. The predicted molar refractivity (Wildman–Crippen MR) is 120 cm³/mol. The number of halogens is 1. The molecule has 4 rings (SSSR count). The highest BCUT2D eigenvalue weighted by Gasteiger charge is 2.22. The summed E-state index contributed by atoms with van der Waals surface area (Å²) >= 11 is 6.19. The minimum atomic E-state index is -4.00. The number of phenols is 1. The Bertz CT molecular complexity index is 1460. The van der Waals surface area contributed by atoms with Crippen LogP contribution in [0.15, 0.2) is 71.6 Å². The molecule has 1 aromatic heterocycles. The monoisotopic (exact) mass is 470 g/mol. The van der Waals surface area contributed by atoms with Crippen LogP contribution in [0.3, 0.4) is 0 Å². The molecule has 11 heteroatoms. The number of sulfone groups is 1. The van der Waals surface area contributed by atoms with Crippen LogP contribution in [0, 0.1) is 10.1 Å². The topological polar surface area (TPSA) is 135 Å². The average molecular weight is 471 g/mol. The van der Waals surface area contributed by atoms with Crippen molar-refractivity contribution in [3.05, 3.63) is 87.6 Å². The number of nitrogens with zero attached hydrogens (tertiary/aromatic N) is 3. The fraction of sp³-hybridized carbons (Fsp3) is 0.0476. The normalized spacial score (nSPS) is 11.4. The van der Waals surface area contributed by atoms with Crippen molar-refractivity contribution in [2.24, 2.45) is 0 Å². The maximum Gasteiger partial charge on any atom is 0.270 e. The lowest BCUT2D eigenvalue weighted by Crippen LogP contribution is -2.11. The van der Waals surface area contributed by atoms with Gasteiger partial charge in [-0.3, -0.25) is 10.1 Å². The number of hydrogen-bond acceptors (Lipinski definition) is 8. The number of nitrogens with one attached hydrogen (secondary N) is 1. The Morgan fingerprint density at radius 3 is 2.44 bits per heavy atom. The van der Waals surface area contributed by atoms with Crippen molar-refractivity contribution in [2.45, 2.75) is 10.6 Å². The van der Waals surface area contributed by atoms with Crippen LogP contribution in [0.4, 0.5) is 17.2 Å². The van der Waals surface area contributed by atoms with E-state index >= 15 is 0 Å². The lowest BCUT2D eigenvalue weighted by molar-refractivity contribution is -0.385. The van der Waals surface area contributed by atoms with Gasteiger partial charge >= 0.3 is 0 Å². The van der Waals surface area contributed by atoms with Crippen LogP contribution in [-0.2, 0) is 15.6 Å². The molecule has 0 bridgehead atoms. The average Bonchev–Trinajstić information content (AvgIpc) is 2.76. The number of aromatic hydroxyl groups is 1. The van der Waals surface area contributed by atoms with Gasteiger partial charge in [-0.2, -0.15) is 0 Å². The highest BCUT2D eigenvalue weighted by molar-refractivity contribution is 7.90. The van der Waals surface area contributed by atoms with Crippen LogP contribution in [0.2, 0.25) is 5.02 Å². The first-order valence-corrected chi connectivity index (χ1v) is 11.2. The summed E-state index contributed by atoms with van der Waals surface area (Å²) in [5.74, 6) is -0.480. The van der Waals surface area contributed by atoms with Crippen molar-refractivity contribution in [3.8, 4) is 5.75 Å². The van der Waals surface area contributed by atoms with Gasteiger partial charge in [0.2, 0.25) is 0 Å². The number of fused-ring (bicyclic) bond motifs is 1. The molecule has 0 fully saturated rings. The first-order chi connectivity index (χ1) is 15.2. The van der Waals surface area contributed by atoms with Crippen LogP contribution in [-0.4, -0.2) is 28.4 Å². The second-order valence-corrected chi connectivity index (χ2v) is 9.21. The molecule has 0 aliphatic rings. The van der Waals surface area contributed by atoms with E-state index in [1.807, 2.05) is 0 Å². The van der Waals surface area contributed by atoms with E-state index in [1.165, 1.54) is 36.4 Å². The van der Waals surface area contributed by atoms with Gasteiger partial charge in [-0.15, -0.1) is 0 Å². The molecule has 0 saturated heterocycles. The summed E-state index contributed by atoms with van der Waals surface area (Å²) < 4.78 is 26.1. The van der Waals surface area contributed by atoms with Gasteiger partial charge in [0.1, 0.15) is 11.5 Å². The van der Waals surface area contributed by atoms with Gasteiger partial charge in [-0.1, -0.05) is 29.8 Å². The predicted octanol–water partition coefficient (Wildman–Crippen LogP) is 4.61. The van der Waals surface area contributed by atoms with Gasteiger partial charge in [0.25, 0.3) is 5.69 Å². The number of para-hydroxylation sites is 2. The molecule has 2 N–H and O–H groups in total. The fourth-order valence-corrected chi connectivity index (χ4v) is 4.51.